The Bertz CT molecular complexity index is 600. The first-order chi connectivity index (χ1) is 9.65. The monoisotopic (exact) mass is 274 g/mol. The summed E-state index contributed by atoms with van der Waals surface area (Å²) < 4.78 is 27.2. The highest BCUT2D eigenvalue weighted by Crippen LogP contribution is 2.40. The Hall–Kier alpha value is -1.74. The Labute approximate surface area is 116 Å². The quantitative estimate of drug-likeness (QED) is 0.889. The van der Waals surface area contributed by atoms with Crippen LogP contribution in [0.5, 0.6) is 0 Å². The second-order valence-electron chi connectivity index (χ2n) is 5.36. The lowest BCUT2D eigenvalue weighted by molar-refractivity contribution is 0.175. The smallest absolute Gasteiger partial charge is 0.129 e. The Morgan fingerprint density at radius 2 is 1.70 bits per heavy atom. The van der Waals surface area contributed by atoms with Crippen molar-refractivity contribution in [2.75, 3.05) is 0 Å². The second kappa shape index (κ2) is 5.33. The zero-order valence-electron chi connectivity index (χ0n) is 11.0. The van der Waals surface area contributed by atoms with Crippen molar-refractivity contribution in [1.82, 2.24) is 0 Å². The molecule has 1 atom stereocenters. The van der Waals surface area contributed by atoms with Gasteiger partial charge in [-0.1, -0.05) is 30.3 Å². The summed E-state index contributed by atoms with van der Waals surface area (Å²) in [5.41, 5.74) is 1.87. The molecular weight excluding hydrogens is 258 g/mol. The third-order valence-electron chi connectivity index (χ3n) is 3.80. The van der Waals surface area contributed by atoms with Crippen LogP contribution < -0.4 is 0 Å². The molecule has 1 fully saturated rings. The van der Waals surface area contributed by atoms with Gasteiger partial charge in [-0.3, -0.25) is 0 Å². The summed E-state index contributed by atoms with van der Waals surface area (Å²) >= 11 is 0. The lowest BCUT2D eigenvalue weighted by Crippen LogP contribution is -2.06. The van der Waals surface area contributed by atoms with Crippen molar-refractivity contribution in [2.45, 2.75) is 31.3 Å². The first kappa shape index (κ1) is 13.3. The van der Waals surface area contributed by atoms with Gasteiger partial charge in [0.2, 0.25) is 0 Å². The molecule has 1 nitrogen and oxygen atoms in total. The van der Waals surface area contributed by atoms with E-state index in [1.54, 1.807) is 6.07 Å². The predicted octanol–water partition coefficient (Wildman–Crippen LogP) is 4.12. The zero-order chi connectivity index (χ0) is 14.1. The number of aliphatic hydroxyl groups is 1. The van der Waals surface area contributed by atoms with Crippen LogP contribution in [0.3, 0.4) is 0 Å². The van der Waals surface area contributed by atoms with Gasteiger partial charge in [-0.15, -0.1) is 0 Å². The molecule has 1 saturated carbocycles. The Balaban J connectivity index is 1.82. The average Bonchev–Trinajstić information content (AvgIpc) is 3.27. The third kappa shape index (κ3) is 2.73. The average molecular weight is 274 g/mol. The highest BCUT2D eigenvalue weighted by Gasteiger charge is 2.24. The van der Waals surface area contributed by atoms with E-state index >= 15 is 0 Å². The van der Waals surface area contributed by atoms with E-state index in [1.807, 2.05) is 18.2 Å². The number of hydrogen-bond acceptors (Lipinski definition) is 1. The maximum atomic E-state index is 13.6. The van der Waals surface area contributed by atoms with Crippen molar-refractivity contribution in [2.24, 2.45) is 0 Å². The number of rotatable bonds is 4. The molecule has 1 unspecified atom stereocenters. The number of hydrogen-bond donors (Lipinski definition) is 1. The first-order valence-electron chi connectivity index (χ1n) is 6.86. The van der Waals surface area contributed by atoms with Gasteiger partial charge in [0.05, 0.1) is 6.10 Å². The second-order valence-corrected chi connectivity index (χ2v) is 5.36. The minimum atomic E-state index is -0.889. The molecule has 2 aromatic carbocycles. The summed E-state index contributed by atoms with van der Waals surface area (Å²) in [5, 5.41) is 10.2. The molecule has 2 aromatic rings. The molecule has 104 valence electrons. The zero-order valence-corrected chi connectivity index (χ0v) is 11.0. The summed E-state index contributed by atoms with van der Waals surface area (Å²) in [5.74, 6) is -0.628. The Kier molecular flexibility index (Phi) is 3.53. The predicted molar refractivity (Wildman–Crippen MR) is 73.4 cm³/mol. The fraction of sp³-hybridized carbons (Fsp3) is 0.294. The molecule has 0 bridgehead atoms. The SMILES string of the molecule is OC(Cc1c(F)cccc1F)c1cccc(C2CC2)c1. The third-order valence-corrected chi connectivity index (χ3v) is 3.80. The van der Waals surface area contributed by atoms with Gasteiger partial charge in [0.25, 0.3) is 0 Å². The van der Waals surface area contributed by atoms with E-state index in [1.165, 1.54) is 36.6 Å². The Morgan fingerprint density at radius 3 is 2.35 bits per heavy atom. The van der Waals surface area contributed by atoms with Gasteiger partial charge < -0.3 is 5.11 Å². The molecule has 0 saturated heterocycles. The normalized spacial score (nSPS) is 16.1. The van der Waals surface area contributed by atoms with Crippen molar-refractivity contribution in [1.29, 1.82) is 0 Å². The summed E-state index contributed by atoms with van der Waals surface area (Å²) in [6.45, 7) is 0. The van der Waals surface area contributed by atoms with Crippen LogP contribution >= 0.6 is 0 Å². The van der Waals surface area contributed by atoms with Crippen LogP contribution in [-0.2, 0) is 6.42 Å². The summed E-state index contributed by atoms with van der Waals surface area (Å²) in [6, 6.07) is 11.4. The highest BCUT2D eigenvalue weighted by atomic mass is 19.1. The van der Waals surface area contributed by atoms with Gasteiger partial charge in [-0.25, -0.2) is 8.78 Å². The highest BCUT2D eigenvalue weighted by molar-refractivity contribution is 5.31. The van der Waals surface area contributed by atoms with Crippen molar-refractivity contribution < 1.29 is 13.9 Å². The molecule has 3 heteroatoms. The number of halogens is 2. The molecular formula is C17H16F2O. The maximum Gasteiger partial charge on any atom is 0.129 e. The molecule has 20 heavy (non-hydrogen) atoms. The van der Waals surface area contributed by atoms with E-state index in [0.717, 1.165) is 5.56 Å². The van der Waals surface area contributed by atoms with Crippen molar-refractivity contribution >= 4 is 0 Å². The summed E-state index contributed by atoms with van der Waals surface area (Å²) in [6.07, 6.45) is 1.43. The van der Waals surface area contributed by atoms with E-state index < -0.39 is 17.7 Å². The number of benzene rings is 2. The molecule has 3 rings (SSSR count). The van der Waals surface area contributed by atoms with Crippen LogP contribution in [0.4, 0.5) is 8.78 Å². The fourth-order valence-electron chi connectivity index (χ4n) is 2.48. The lowest BCUT2D eigenvalue weighted by atomic mass is 9.98. The summed E-state index contributed by atoms with van der Waals surface area (Å²) in [4.78, 5) is 0. The van der Waals surface area contributed by atoms with Crippen molar-refractivity contribution in [3.63, 3.8) is 0 Å². The van der Waals surface area contributed by atoms with Crippen LogP contribution in [0.25, 0.3) is 0 Å². The molecule has 0 amide bonds. The molecule has 1 aliphatic rings. The van der Waals surface area contributed by atoms with E-state index in [4.69, 9.17) is 0 Å². The fourth-order valence-corrected chi connectivity index (χ4v) is 2.48. The molecule has 0 heterocycles. The van der Waals surface area contributed by atoms with Gasteiger partial charge >= 0.3 is 0 Å². The van der Waals surface area contributed by atoms with Gasteiger partial charge in [0.1, 0.15) is 11.6 Å². The van der Waals surface area contributed by atoms with E-state index in [-0.39, 0.29) is 12.0 Å². The standard InChI is InChI=1S/C17H16F2O/c18-15-5-2-6-16(19)14(15)10-17(20)13-4-1-3-12(9-13)11-7-8-11/h1-6,9,11,17,20H,7-8,10H2. The van der Waals surface area contributed by atoms with Gasteiger partial charge in [0.15, 0.2) is 0 Å². The molecule has 1 N–H and O–H groups in total. The van der Waals surface area contributed by atoms with Gasteiger partial charge in [0, 0.05) is 12.0 Å². The molecule has 0 spiro atoms. The van der Waals surface area contributed by atoms with Crippen LogP contribution in [0, 0.1) is 11.6 Å². The van der Waals surface area contributed by atoms with Crippen LogP contribution in [0.15, 0.2) is 42.5 Å². The minimum Gasteiger partial charge on any atom is -0.388 e. The largest absolute Gasteiger partial charge is 0.388 e. The van der Waals surface area contributed by atoms with Crippen molar-refractivity contribution in [3.8, 4) is 0 Å². The number of aliphatic hydroxyl groups excluding tert-OH is 1. The lowest BCUT2D eigenvalue weighted by Gasteiger charge is -2.13. The molecule has 0 radical (unpaired) electrons. The first-order valence-corrected chi connectivity index (χ1v) is 6.86. The van der Waals surface area contributed by atoms with Crippen LogP contribution in [0.1, 0.15) is 41.6 Å². The van der Waals surface area contributed by atoms with Gasteiger partial charge in [-0.05, 0) is 42.0 Å². The minimum absolute atomic E-state index is 0.0490. The topological polar surface area (TPSA) is 20.2 Å². The van der Waals surface area contributed by atoms with E-state index in [0.29, 0.717) is 5.92 Å². The van der Waals surface area contributed by atoms with Crippen molar-refractivity contribution in [3.05, 3.63) is 70.8 Å². The molecule has 0 aromatic heterocycles. The molecule has 1 aliphatic carbocycles. The molecule has 0 aliphatic heterocycles. The van der Waals surface area contributed by atoms with Crippen LogP contribution in [-0.4, -0.2) is 5.11 Å². The van der Waals surface area contributed by atoms with E-state index in [9.17, 15) is 13.9 Å². The Morgan fingerprint density at radius 1 is 1.05 bits per heavy atom. The van der Waals surface area contributed by atoms with E-state index in [2.05, 4.69) is 0 Å². The van der Waals surface area contributed by atoms with Crippen LogP contribution in [0.2, 0.25) is 0 Å². The maximum absolute atomic E-state index is 13.6. The van der Waals surface area contributed by atoms with Gasteiger partial charge in [-0.2, -0.15) is 0 Å². The summed E-state index contributed by atoms with van der Waals surface area (Å²) in [7, 11) is 0.